The van der Waals surface area contributed by atoms with Gasteiger partial charge in [0.2, 0.25) is 5.91 Å². The normalized spacial score (nSPS) is 12.8. The van der Waals surface area contributed by atoms with Gasteiger partial charge in [0.15, 0.2) is 0 Å². The van der Waals surface area contributed by atoms with Crippen LogP contribution in [0.3, 0.4) is 0 Å². The third-order valence-electron chi connectivity index (χ3n) is 6.08. The second-order valence-corrected chi connectivity index (χ2v) is 9.08. The van der Waals surface area contributed by atoms with Crippen LogP contribution in [-0.2, 0) is 30.8 Å². The van der Waals surface area contributed by atoms with Crippen LogP contribution in [0.15, 0.2) is 54.6 Å². The second-order valence-electron chi connectivity index (χ2n) is 9.08. The highest BCUT2D eigenvalue weighted by molar-refractivity contribution is 5.78. The van der Waals surface area contributed by atoms with Gasteiger partial charge in [-0.25, -0.2) is 4.98 Å². The molecule has 1 heterocycles. The van der Waals surface area contributed by atoms with Crippen LogP contribution in [0.1, 0.15) is 52.2 Å². The molecule has 0 aliphatic rings. The van der Waals surface area contributed by atoms with Gasteiger partial charge in [-0.2, -0.15) is 0 Å². The van der Waals surface area contributed by atoms with E-state index in [4.69, 9.17) is 0 Å². The quantitative estimate of drug-likeness (QED) is 0.290. The van der Waals surface area contributed by atoms with Crippen LogP contribution in [0.25, 0.3) is 0 Å². The number of benzene rings is 2. The molecule has 0 fully saturated rings. The van der Waals surface area contributed by atoms with Crippen molar-refractivity contribution in [3.63, 3.8) is 0 Å². The first-order chi connectivity index (χ1) is 16.7. The van der Waals surface area contributed by atoms with Gasteiger partial charge in [0.1, 0.15) is 17.5 Å². The summed E-state index contributed by atoms with van der Waals surface area (Å²) in [6.07, 6.45) is 0.185. The van der Waals surface area contributed by atoms with Gasteiger partial charge in [-0.05, 0) is 67.1 Å². The fourth-order valence-corrected chi connectivity index (χ4v) is 3.88. The van der Waals surface area contributed by atoms with E-state index in [0.29, 0.717) is 18.7 Å². The van der Waals surface area contributed by atoms with E-state index in [9.17, 15) is 20.1 Å². The van der Waals surface area contributed by atoms with Crippen molar-refractivity contribution >= 4 is 5.91 Å². The lowest BCUT2D eigenvalue weighted by Gasteiger charge is -2.18. The van der Waals surface area contributed by atoms with Gasteiger partial charge in [0.25, 0.3) is 0 Å². The molecular weight excluding hydrogens is 442 g/mol. The maximum absolute atomic E-state index is 12.5. The Morgan fingerprint density at radius 3 is 2.51 bits per heavy atom. The van der Waals surface area contributed by atoms with Gasteiger partial charge in [-0.1, -0.05) is 42.5 Å². The molecule has 186 valence electrons. The molecule has 1 aromatic heterocycles. The van der Waals surface area contributed by atoms with Crippen molar-refractivity contribution in [1.82, 2.24) is 15.6 Å². The molecule has 0 bridgehead atoms. The first kappa shape index (κ1) is 26.3. The topological polar surface area (TPSA) is 115 Å². The average Bonchev–Trinajstić information content (AvgIpc) is 2.83. The van der Waals surface area contributed by atoms with Gasteiger partial charge in [0.05, 0.1) is 18.7 Å². The summed E-state index contributed by atoms with van der Waals surface area (Å²) in [5, 5.41) is 35.6. The van der Waals surface area contributed by atoms with E-state index in [1.807, 2.05) is 37.3 Å². The van der Waals surface area contributed by atoms with Gasteiger partial charge < -0.3 is 26.0 Å². The first-order valence-corrected chi connectivity index (χ1v) is 11.9. The molecule has 0 spiro atoms. The largest absolute Gasteiger partial charge is 0.506 e. The molecule has 1 unspecified atom stereocenters. The Labute approximate surface area is 206 Å². The zero-order chi connectivity index (χ0) is 25.4. The number of aryl methyl sites for hydroxylation is 2. The van der Waals surface area contributed by atoms with Crippen molar-refractivity contribution in [2.75, 3.05) is 6.54 Å². The Kier molecular flexibility index (Phi) is 9.37. The molecule has 2 atom stereocenters. The Bertz CT molecular complexity index is 1150. The van der Waals surface area contributed by atoms with Crippen molar-refractivity contribution in [2.24, 2.45) is 0 Å². The van der Waals surface area contributed by atoms with Crippen LogP contribution in [0.4, 0.5) is 0 Å². The third kappa shape index (κ3) is 7.89. The molecule has 1 amide bonds. The number of aromatic hydroxyl groups is 1. The number of aromatic nitrogens is 1. The first-order valence-electron chi connectivity index (χ1n) is 11.9. The predicted octanol–water partition coefficient (Wildman–Crippen LogP) is 3.01. The van der Waals surface area contributed by atoms with E-state index < -0.39 is 12.7 Å². The molecule has 7 heteroatoms. The minimum atomic E-state index is -0.865. The summed E-state index contributed by atoms with van der Waals surface area (Å²) in [5.74, 6) is -0.109. The summed E-state index contributed by atoms with van der Waals surface area (Å²) < 4.78 is 0. The molecule has 0 saturated carbocycles. The molecule has 5 N–H and O–H groups in total. The van der Waals surface area contributed by atoms with Crippen molar-refractivity contribution < 1.29 is 20.1 Å². The highest BCUT2D eigenvalue weighted by Gasteiger charge is 2.14. The summed E-state index contributed by atoms with van der Waals surface area (Å²) >= 11 is 0. The molecule has 7 nitrogen and oxygen atoms in total. The number of aliphatic hydroxyl groups excluding tert-OH is 2. The number of pyridine rings is 1. The standard InChI is InChI=1S/C28H35N3O4/c1-18-7-8-23(11-19(18)2)15-30-28(35)14-22-6-4-5-21(13-22)12-20(3)29-16-27(34)24-9-10-26(33)25(17-32)31-24/h4-11,13,20,27,29,32-34H,12,14-17H2,1-3H3,(H,30,35)/t20-,27?/m1/s1. The number of aliphatic hydroxyl groups is 2. The Morgan fingerprint density at radius 2 is 1.77 bits per heavy atom. The number of carbonyl (C=O) groups excluding carboxylic acids is 1. The summed E-state index contributed by atoms with van der Waals surface area (Å²) in [6.45, 7) is 6.57. The molecule has 0 saturated heterocycles. The zero-order valence-electron chi connectivity index (χ0n) is 20.6. The maximum atomic E-state index is 12.5. The van der Waals surface area contributed by atoms with E-state index in [1.165, 1.54) is 17.2 Å². The maximum Gasteiger partial charge on any atom is 0.224 e. The Hall–Kier alpha value is -3.26. The average molecular weight is 478 g/mol. The lowest BCUT2D eigenvalue weighted by atomic mass is 10.0. The molecule has 2 aromatic carbocycles. The van der Waals surface area contributed by atoms with Gasteiger partial charge in [-0.3, -0.25) is 4.79 Å². The fourth-order valence-electron chi connectivity index (χ4n) is 3.88. The number of hydrogen-bond acceptors (Lipinski definition) is 6. The van der Waals surface area contributed by atoms with Gasteiger partial charge >= 0.3 is 0 Å². The molecule has 35 heavy (non-hydrogen) atoms. The van der Waals surface area contributed by atoms with Crippen LogP contribution < -0.4 is 10.6 Å². The minimum absolute atomic E-state index is 0.0154. The molecule has 3 aromatic rings. The molecule has 0 radical (unpaired) electrons. The molecule has 0 aliphatic carbocycles. The SMILES string of the molecule is Cc1ccc(CNC(=O)Cc2cccc(C[C@@H](C)NCC(O)c3ccc(O)c(CO)n3)c2)cc1C. The van der Waals surface area contributed by atoms with Crippen LogP contribution >= 0.6 is 0 Å². The Morgan fingerprint density at radius 1 is 1.00 bits per heavy atom. The number of carbonyl (C=O) groups is 1. The lowest BCUT2D eigenvalue weighted by Crippen LogP contribution is -2.32. The predicted molar refractivity (Wildman–Crippen MR) is 136 cm³/mol. The number of nitrogens with zero attached hydrogens (tertiary/aromatic N) is 1. The monoisotopic (exact) mass is 477 g/mol. The second kappa shape index (κ2) is 12.4. The highest BCUT2D eigenvalue weighted by Crippen LogP contribution is 2.19. The van der Waals surface area contributed by atoms with Crippen LogP contribution in [0.2, 0.25) is 0 Å². The molecule has 3 rings (SSSR count). The summed E-state index contributed by atoms with van der Waals surface area (Å²) in [4.78, 5) is 16.6. The molecule has 0 aliphatic heterocycles. The van der Waals surface area contributed by atoms with Crippen LogP contribution in [0, 0.1) is 13.8 Å². The van der Waals surface area contributed by atoms with E-state index in [0.717, 1.165) is 23.1 Å². The van der Waals surface area contributed by atoms with Crippen molar-refractivity contribution in [3.05, 3.63) is 93.8 Å². The summed E-state index contributed by atoms with van der Waals surface area (Å²) in [6, 6.07) is 17.2. The van der Waals surface area contributed by atoms with Crippen molar-refractivity contribution in [2.45, 2.75) is 58.9 Å². The highest BCUT2D eigenvalue weighted by atomic mass is 16.3. The van der Waals surface area contributed by atoms with E-state index in [1.54, 1.807) is 6.07 Å². The lowest BCUT2D eigenvalue weighted by molar-refractivity contribution is -0.120. The van der Waals surface area contributed by atoms with Crippen molar-refractivity contribution in [1.29, 1.82) is 0 Å². The summed E-state index contributed by atoms with van der Waals surface area (Å²) in [7, 11) is 0. The van der Waals surface area contributed by atoms with Gasteiger partial charge in [-0.15, -0.1) is 0 Å². The number of amides is 1. The fraction of sp³-hybridized carbons (Fsp3) is 0.357. The van der Waals surface area contributed by atoms with Crippen LogP contribution in [-0.4, -0.2) is 38.8 Å². The van der Waals surface area contributed by atoms with E-state index in [2.05, 4.69) is 41.6 Å². The number of nitrogens with one attached hydrogen (secondary N) is 2. The third-order valence-corrected chi connectivity index (χ3v) is 6.08. The van der Waals surface area contributed by atoms with Gasteiger partial charge in [0, 0.05) is 19.1 Å². The van der Waals surface area contributed by atoms with Crippen molar-refractivity contribution in [3.8, 4) is 5.75 Å². The molecular formula is C28H35N3O4. The minimum Gasteiger partial charge on any atom is -0.506 e. The van der Waals surface area contributed by atoms with Crippen LogP contribution in [0.5, 0.6) is 5.75 Å². The summed E-state index contributed by atoms with van der Waals surface area (Å²) in [5.41, 5.74) is 6.13. The smallest absolute Gasteiger partial charge is 0.224 e. The number of hydrogen-bond donors (Lipinski definition) is 5. The zero-order valence-corrected chi connectivity index (χ0v) is 20.6. The van der Waals surface area contributed by atoms with E-state index in [-0.39, 0.29) is 29.9 Å². The van der Waals surface area contributed by atoms with E-state index >= 15 is 0 Å². The number of rotatable bonds is 11. The Balaban J connectivity index is 1.48.